The van der Waals surface area contributed by atoms with E-state index in [1.54, 1.807) is 0 Å². The molecule has 0 radical (unpaired) electrons. The van der Waals surface area contributed by atoms with Gasteiger partial charge in [-0.2, -0.15) is 0 Å². The van der Waals surface area contributed by atoms with Gasteiger partial charge in [-0.3, -0.25) is 14.4 Å². The molecule has 1 N–H and O–H groups in total. The first kappa shape index (κ1) is 23.1. The van der Waals surface area contributed by atoms with Crippen LogP contribution in [0.15, 0.2) is 66.7 Å². The molecule has 0 aliphatic carbocycles. The molecule has 2 fully saturated rings. The highest BCUT2D eigenvalue weighted by molar-refractivity contribution is 6.07. The number of amides is 3. The van der Waals surface area contributed by atoms with Crippen molar-refractivity contribution in [3.63, 3.8) is 0 Å². The Hall–Kier alpha value is -3.67. The minimum Gasteiger partial charge on any atom is -0.352 e. The van der Waals surface area contributed by atoms with Gasteiger partial charge in [-0.25, -0.2) is 0 Å². The van der Waals surface area contributed by atoms with Crippen LogP contribution in [0.1, 0.15) is 52.0 Å². The first-order valence-electron chi connectivity index (χ1n) is 12.5. The Kier molecular flexibility index (Phi) is 6.80. The predicted octanol–water partition coefficient (Wildman–Crippen LogP) is 4.24. The average molecular weight is 470 g/mol. The van der Waals surface area contributed by atoms with Gasteiger partial charge in [-0.1, -0.05) is 48.5 Å². The van der Waals surface area contributed by atoms with Gasteiger partial charge >= 0.3 is 0 Å². The molecule has 1 atom stereocenters. The second-order valence-corrected chi connectivity index (χ2v) is 9.53. The SMILES string of the molecule is O=C(NCc1ccc(C(=O)N2CCCC2)cc1)C1CCCN(C(=O)c2cccc3ccccc23)C1. The zero-order chi connectivity index (χ0) is 24.2. The smallest absolute Gasteiger partial charge is 0.254 e. The number of hydrogen-bond acceptors (Lipinski definition) is 3. The fourth-order valence-corrected chi connectivity index (χ4v) is 5.16. The van der Waals surface area contributed by atoms with Crippen molar-refractivity contribution in [2.45, 2.75) is 32.2 Å². The molecule has 2 heterocycles. The van der Waals surface area contributed by atoms with E-state index in [9.17, 15) is 14.4 Å². The molecule has 3 amide bonds. The van der Waals surface area contributed by atoms with Crippen LogP contribution in [-0.4, -0.2) is 53.7 Å². The van der Waals surface area contributed by atoms with Gasteiger partial charge in [0, 0.05) is 43.9 Å². The van der Waals surface area contributed by atoms with Gasteiger partial charge in [-0.15, -0.1) is 0 Å². The first-order chi connectivity index (χ1) is 17.1. The Morgan fingerprint density at radius 1 is 0.771 bits per heavy atom. The summed E-state index contributed by atoms with van der Waals surface area (Å²) >= 11 is 0. The van der Waals surface area contributed by atoms with Crippen LogP contribution in [0.2, 0.25) is 0 Å². The number of nitrogens with one attached hydrogen (secondary N) is 1. The van der Waals surface area contributed by atoms with E-state index in [-0.39, 0.29) is 23.6 Å². The number of likely N-dealkylation sites (tertiary alicyclic amines) is 2. The molecule has 3 aromatic carbocycles. The Labute approximate surface area is 205 Å². The molecule has 3 aromatic rings. The zero-order valence-electron chi connectivity index (χ0n) is 19.9. The summed E-state index contributed by atoms with van der Waals surface area (Å²) in [7, 11) is 0. The van der Waals surface area contributed by atoms with Gasteiger partial charge < -0.3 is 15.1 Å². The lowest BCUT2D eigenvalue weighted by molar-refractivity contribution is -0.126. The van der Waals surface area contributed by atoms with Crippen LogP contribution in [0, 0.1) is 5.92 Å². The largest absolute Gasteiger partial charge is 0.352 e. The predicted molar refractivity (Wildman–Crippen MR) is 136 cm³/mol. The zero-order valence-corrected chi connectivity index (χ0v) is 19.9. The molecule has 35 heavy (non-hydrogen) atoms. The average Bonchev–Trinajstić information content (AvgIpc) is 3.46. The van der Waals surface area contributed by atoms with Crippen LogP contribution < -0.4 is 5.32 Å². The molecule has 2 aliphatic heterocycles. The summed E-state index contributed by atoms with van der Waals surface area (Å²) in [5.41, 5.74) is 2.33. The van der Waals surface area contributed by atoms with Crippen molar-refractivity contribution < 1.29 is 14.4 Å². The standard InChI is InChI=1S/C29H31N3O3/c33-27(30-19-21-12-14-23(15-13-21)28(34)31-16-3-4-17-31)24-9-6-18-32(20-24)29(35)26-11-5-8-22-7-1-2-10-25(22)26/h1-2,5,7-8,10-15,24H,3-4,6,9,16-20H2,(H,30,33). The van der Waals surface area contributed by atoms with Crippen molar-refractivity contribution in [1.82, 2.24) is 15.1 Å². The maximum atomic E-state index is 13.3. The molecule has 0 spiro atoms. The summed E-state index contributed by atoms with van der Waals surface area (Å²) in [5, 5.41) is 5.01. The van der Waals surface area contributed by atoms with E-state index < -0.39 is 0 Å². The van der Waals surface area contributed by atoms with E-state index in [0.29, 0.717) is 30.8 Å². The molecule has 5 rings (SSSR count). The fourth-order valence-electron chi connectivity index (χ4n) is 5.16. The number of carbonyl (C=O) groups is 3. The van der Waals surface area contributed by atoms with E-state index in [2.05, 4.69) is 5.32 Å². The topological polar surface area (TPSA) is 69.7 Å². The van der Waals surface area contributed by atoms with E-state index in [1.165, 1.54) is 0 Å². The maximum Gasteiger partial charge on any atom is 0.254 e. The Morgan fingerprint density at radius 2 is 1.49 bits per heavy atom. The quantitative estimate of drug-likeness (QED) is 0.608. The first-order valence-corrected chi connectivity index (χ1v) is 12.5. The van der Waals surface area contributed by atoms with Crippen LogP contribution in [-0.2, 0) is 11.3 Å². The second-order valence-electron chi connectivity index (χ2n) is 9.53. The van der Waals surface area contributed by atoms with Gasteiger partial charge in [0.15, 0.2) is 0 Å². The van der Waals surface area contributed by atoms with Gasteiger partial charge in [0.2, 0.25) is 5.91 Å². The van der Waals surface area contributed by atoms with Crippen LogP contribution >= 0.6 is 0 Å². The van der Waals surface area contributed by atoms with E-state index in [4.69, 9.17) is 0 Å². The monoisotopic (exact) mass is 469 g/mol. The number of benzene rings is 3. The normalized spacial score (nSPS) is 18.0. The Bertz CT molecular complexity index is 1230. The van der Waals surface area contributed by atoms with Crippen LogP contribution in [0.25, 0.3) is 10.8 Å². The third kappa shape index (κ3) is 5.06. The fraction of sp³-hybridized carbons (Fsp3) is 0.345. The molecule has 0 saturated carbocycles. The summed E-state index contributed by atoms with van der Waals surface area (Å²) in [5.74, 6) is -0.190. The van der Waals surface area contributed by atoms with Crippen LogP contribution in [0.4, 0.5) is 0 Å². The maximum absolute atomic E-state index is 13.3. The Balaban J connectivity index is 1.18. The highest BCUT2D eigenvalue weighted by atomic mass is 16.2. The lowest BCUT2D eigenvalue weighted by Crippen LogP contribution is -2.45. The van der Waals surface area contributed by atoms with Gasteiger partial charge in [0.05, 0.1) is 5.92 Å². The van der Waals surface area contributed by atoms with Crippen LogP contribution in [0.3, 0.4) is 0 Å². The van der Waals surface area contributed by atoms with Crippen molar-refractivity contribution >= 4 is 28.5 Å². The second kappa shape index (κ2) is 10.3. The summed E-state index contributed by atoms with van der Waals surface area (Å²) in [6.07, 6.45) is 3.72. The highest BCUT2D eigenvalue weighted by Gasteiger charge is 2.29. The molecular formula is C29H31N3O3. The molecule has 2 saturated heterocycles. The van der Waals surface area contributed by atoms with E-state index in [1.807, 2.05) is 76.5 Å². The molecule has 0 bridgehead atoms. The third-order valence-electron chi connectivity index (χ3n) is 7.16. The van der Waals surface area contributed by atoms with Crippen molar-refractivity contribution in [2.24, 2.45) is 5.92 Å². The van der Waals surface area contributed by atoms with Crippen molar-refractivity contribution in [1.29, 1.82) is 0 Å². The molecule has 2 aliphatic rings. The summed E-state index contributed by atoms with van der Waals surface area (Å²) in [6, 6.07) is 21.2. The van der Waals surface area contributed by atoms with Gasteiger partial charge in [0.1, 0.15) is 0 Å². The van der Waals surface area contributed by atoms with Crippen molar-refractivity contribution in [2.75, 3.05) is 26.2 Å². The molecule has 6 heteroatoms. The van der Waals surface area contributed by atoms with E-state index >= 15 is 0 Å². The summed E-state index contributed by atoms with van der Waals surface area (Å²) < 4.78 is 0. The van der Waals surface area contributed by atoms with Crippen molar-refractivity contribution in [3.05, 3.63) is 83.4 Å². The number of fused-ring (bicyclic) bond motifs is 1. The number of rotatable bonds is 5. The molecule has 180 valence electrons. The molecule has 6 nitrogen and oxygen atoms in total. The minimum atomic E-state index is -0.223. The van der Waals surface area contributed by atoms with Crippen LogP contribution in [0.5, 0.6) is 0 Å². The van der Waals surface area contributed by atoms with Gasteiger partial charge in [-0.05, 0) is 60.2 Å². The highest BCUT2D eigenvalue weighted by Crippen LogP contribution is 2.24. The molecular weight excluding hydrogens is 438 g/mol. The molecule has 1 unspecified atom stereocenters. The van der Waals surface area contributed by atoms with Crippen molar-refractivity contribution in [3.8, 4) is 0 Å². The summed E-state index contributed by atoms with van der Waals surface area (Å²) in [6.45, 7) is 3.16. The third-order valence-corrected chi connectivity index (χ3v) is 7.16. The number of carbonyl (C=O) groups excluding carboxylic acids is 3. The minimum absolute atomic E-state index is 0.0161. The Morgan fingerprint density at radius 3 is 2.29 bits per heavy atom. The number of piperidine rings is 1. The van der Waals surface area contributed by atoms with E-state index in [0.717, 1.165) is 55.1 Å². The van der Waals surface area contributed by atoms with Gasteiger partial charge in [0.25, 0.3) is 11.8 Å². The summed E-state index contributed by atoms with van der Waals surface area (Å²) in [4.78, 5) is 42.5. The lowest BCUT2D eigenvalue weighted by Gasteiger charge is -2.32. The number of hydrogen-bond donors (Lipinski definition) is 1. The number of nitrogens with zero attached hydrogens (tertiary/aromatic N) is 2. The molecule has 0 aromatic heterocycles. The lowest BCUT2D eigenvalue weighted by atomic mass is 9.95.